The predicted molar refractivity (Wildman–Crippen MR) is 77.9 cm³/mol. The molecule has 1 atom stereocenters. The zero-order valence-electron chi connectivity index (χ0n) is 11.5. The second-order valence-electron chi connectivity index (χ2n) is 4.82. The van der Waals surface area contributed by atoms with E-state index in [9.17, 15) is 9.18 Å². The first-order chi connectivity index (χ1) is 9.47. The van der Waals surface area contributed by atoms with Crippen LogP contribution >= 0.6 is 0 Å². The summed E-state index contributed by atoms with van der Waals surface area (Å²) < 4.78 is 13.2. The van der Waals surface area contributed by atoms with E-state index in [0.717, 1.165) is 11.1 Å². The molecule has 0 bridgehead atoms. The summed E-state index contributed by atoms with van der Waals surface area (Å²) in [6, 6.07) is 11.1. The summed E-state index contributed by atoms with van der Waals surface area (Å²) >= 11 is 0. The lowest BCUT2D eigenvalue weighted by molar-refractivity contribution is 0.0939. The van der Waals surface area contributed by atoms with Crippen molar-refractivity contribution in [2.75, 3.05) is 5.73 Å². The molecule has 1 amide bonds. The molecule has 0 saturated heterocycles. The highest BCUT2D eigenvalue weighted by atomic mass is 19.1. The van der Waals surface area contributed by atoms with Crippen LogP contribution in [0.1, 0.15) is 34.5 Å². The Balaban J connectivity index is 2.17. The number of rotatable bonds is 3. The van der Waals surface area contributed by atoms with Crippen LogP contribution in [0.3, 0.4) is 0 Å². The van der Waals surface area contributed by atoms with Crippen LogP contribution in [0.25, 0.3) is 0 Å². The van der Waals surface area contributed by atoms with Crippen LogP contribution in [0.4, 0.5) is 10.1 Å². The van der Waals surface area contributed by atoms with E-state index in [4.69, 9.17) is 5.73 Å². The summed E-state index contributed by atoms with van der Waals surface area (Å²) in [5, 5.41) is 2.85. The maximum Gasteiger partial charge on any atom is 0.252 e. The van der Waals surface area contributed by atoms with Crippen LogP contribution in [-0.2, 0) is 0 Å². The van der Waals surface area contributed by atoms with Gasteiger partial charge in [0.05, 0.1) is 6.04 Å². The zero-order valence-corrected chi connectivity index (χ0v) is 11.5. The number of amides is 1. The second-order valence-corrected chi connectivity index (χ2v) is 4.82. The van der Waals surface area contributed by atoms with Gasteiger partial charge in [-0.25, -0.2) is 4.39 Å². The predicted octanol–water partition coefficient (Wildman–Crippen LogP) is 3.21. The van der Waals surface area contributed by atoms with Crippen LogP contribution in [0.5, 0.6) is 0 Å². The number of nitrogens with two attached hydrogens (primary N) is 1. The quantitative estimate of drug-likeness (QED) is 0.843. The van der Waals surface area contributed by atoms with E-state index in [0.29, 0.717) is 11.3 Å². The van der Waals surface area contributed by atoms with E-state index in [1.807, 2.05) is 13.8 Å². The van der Waals surface area contributed by atoms with Gasteiger partial charge in [-0.15, -0.1) is 0 Å². The molecule has 2 rings (SSSR count). The molecular weight excluding hydrogens is 255 g/mol. The van der Waals surface area contributed by atoms with Gasteiger partial charge in [-0.05, 0) is 49.2 Å². The van der Waals surface area contributed by atoms with Gasteiger partial charge in [-0.3, -0.25) is 4.79 Å². The van der Waals surface area contributed by atoms with E-state index in [2.05, 4.69) is 5.32 Å². The average Bonchev–Trinajstić information content (AvgIpc) is 2.41. The van der Waals surface area contributed by atoms with E-state index in [1.165, 1.54) is 12.1 Å². The van der Waals surface area contributed by atoms with Crippen molar-refractivity contribution in [3.8, 4) is 0 Å². The van der Waals surface area contributed by atoms with E-state index in [-0.39, 0.29) is 17.8 Å². The van der Waals surface area contributed by atoms with Gasteiger partial charge >= 0.3 is 0 Å². The summed E-state index contributed by atoms with van der Waals surface area (Å²) in [6.45, 7) is 3.66. The lowest BCUT2D eigenvalue weighted by Gasteiger charge is -2.15. The van der Waals surface area contributed by atoms with Gasteiger partial charge < -0.3 is 11.1 Å². The monoisotopic (exact) mass is 272 g/mol. The molecule has 0 aliphatic carbocycles. The van der Waals surface area contributed by atoms with Crippen LogP contribution in [0.2, 0.25) is 0 Å². The normalized spacial score (nSPS) is 11.9. The van der Waals surface area contributed by atoms with Crippen LogP contribution < -0.4 is 11.1 Å². The van der Waals surface area contributed by atoms with E-state index < -0.39 is 0 Å². The lowest BCUT2D eigenvalue weighted by atomic mass is 10.0. The second kappa shape index (κ2) is 5.74. The van der Waals surface area contributed by atoms with Crippen molar-refractivity contribution in [2.24, 2.45) is 0 Å². The van der Waals surface area contributed by atoms with Crippen molar-refractivity contribution < 1.29 is 9.18 Å². The molecule has 3 N–H and O–H groups in total. The summed E-state index contributed by atoms with van der Waals surface area (Å²) in [4.78, 5) is 12.2. The maximum absolute atomic E-state index is 13.2. The molecular formula is C16H17FN2O. The molecule has 0 aliphatic heterocycles. The Morgan fingerprint density at radius 1 is 1.25 bits per heavy atom. The molecule has 0 aromatic heterocycles. The maximum atomic E-state index is 13.2. The number of aryl methyl sites for hydroxylation is 1. The number of carbonyl (C=O) groups is 1. The number of benzene rings is 2. The Hall–Kier alpha value is -2.36. The SMILES string of the molecule is Cc1ccc(N)cc1C(=O)NC(C)c1cccc(F)c1. The Bertz CT molecular complexity index is 640. The molecule has 0 aliphatic rings. The van der Waals surface area contributed by atoms with Crippen LogP contribution in [-0.4, -0.2) is 5.91 Å². The van der Waals surface area contributed by atoms with Gasteiger partial charge in [0.2, 0.25) is 0 Å². The summed E-state index contributed by atoms with van der Waals surface area (Å²) in [7, 11) is 0. The largest absolute Gasteiger partial charge is 0.399 e. The van der Waals surface area contributed by atoms with Crippen LogP contribution in [0, 0.1) is 12.7 Å². The van der Waals surface area contributed by atoms with Crippen molar-refractivity contribution >= 4 is 11.6 Å². The third kappa shape index (κ3) is 3.15. The number of hydrogen-bond acceptors (Lipinski definition) is 2. The molecule has 2 aromatic carbocycles. The van der Waals surface area contributed by atoms with Gasteiger partial charge in [-0.2, -0.15) is 0 Å². The number of nitrogens with one attached hydrogen (secondary N) is 1. The molecule has 1 unspecified atom stereocenters. The van der Waals surface area contributed by atoms with Crippen molar-refractivity contribution in [1.82, 2.24) is 5.32 Å². The molecule has 0 saturated carbocycles. The Morgan fingerprint density at radius 3 is 2.70 bits per heavy atom. The van der Waals surface area contributed by atoms with Gasteiger partial charge in [0.1, 0.15) is 5.82 Å². The van der Waals surface area contributed by atoms with Crippen molar-refractivity contribution in [3.05, 3.63) is 65.0 Å². The highest BCUT2D eigenvalue weighted by Gasteiger charge is 2.14. The molecule has 3 nitrogen and oxygen atoms in total. The third-order valence-electron chi connectivity index (χ3n) is 3.20. The Kier molecular flexibility index (Phi) is 4.03. The minimum Gasteiger partial charge on any atom is -0.399 e. The molecule has 2 aromatic rings. The summed E-state index contributed by atoms with van der Waals surface area (Å²) in [5.74, 6) is -0.532. The summed E-state index contributed by atoms with van der Waals surface area (Å²) in [5.41, 5.74) is 8.35. The fourth-order valence-corrected chi connectivity index (χ4v) is 2.02. The number of hydrogen-bond donors (Lipinski definition) is 2. The minimum absolute atomic E-state index is 0.216. The molecule has 0 radical (unpaired) electrons. The van der Waals surface area contributed by atoms with Gasteiger partial charge in [0.15, 0.2) is 0 Å². The number of anilines is 1. The van der Waals surface area contributed by atoms with Gasteiger partial charge in [0.25, 0.3) is 5.91 Å². The summed E-state index contributed by atoms with van der Waals surface area (Å²) in [6.07, 6.45) is 0. The Morgan fingerprint density at radius 2 is 2.00 bits per heavy atom. The first kappa shape index (κ1) is 14.1. The highest BCUT2D eigenvalue weighted by Crippen LogP contribution is 2.17. The van der Waals surface area contributed by atoms with Crippen molar-refractivity contribution in [3.63, 3.8) is 0 Å². The number of carbonyl (C=O) groups excluding carboxylic acids is 1. The average molecular weight is 272 g/mol. The minimum atomic E-state index is -0.316. The van der Waals surface area contributed by atoms with E-state index >= 15 is 0 Å². The molecule has 0 heterocycles. The van der Waals surface area contributed by atoms with Crippen molar-refractivity contribution in [1.29, 1.82) is 0 Å². The van der Waals surface area contributed by atoms with Crippen molar-refractivity contribution in [2.45, 2.75) is 19.9 Å². The lowest BCUT2D eigenvalue weighted by Crippen LogP contribution is -2.27. The number of nitrogen functional groups attached to an aromatic ring is 1. The molecule has 20 heavy (non-hydrogen) atoms. The van der Waals surface area contributed by atoms with Gasteiger partial charge in [-0.1, -0.05) is 18.2 Å². The zero-order chi connectivity index (χ0) is 14.7. The van der Waals surface area contributed by atoms with Gasteiger partial charge in [0, 0.05) is 11.3 Å². The topological polar surface area (TPSA) is 55.1 Å². The third-order valence-corrected chi connectivity index (χ3v) is 3.20. The molecule has 0 spiro atoms. The number of halogens is 1. The van der Waals surface area contributed by atoms with Crippen LogP contribution in [0.15, 0.2) is 42.5 Å². The standard InChI is InChI=1S/C16H17FN2O/c1-10-6-7-14(18)9-15(10)16(20)19-11(2)12-4-3-5-13(17)8-12/h3-9,11H,18H2,1-2H3,(H,19,20). The first-order valence-electron chi connectivity index (χ1n) is 6.40. The molecule has 104 valence electrons. The fraction of sp³-hybridized carbons (Fsp3) is 0.188. The van der Waals surface area contributed by atoms with E-state index in [1.54, 1.807) is 30.3 Å². The molecule has 0 fully saturated rings. The fourth-order valence-electron chi connectivity index (χ4n) is 2.02. The molecule has 4 heteroatoms. The highest BCUT2D eigenvalue weighted by molar-refractivity contribution is 5.96. The Labute approximate surface area is 117 Å². The first-order valence-corrected chi connectivity index (χ1v) is 6.40. The smallest absolute Gasteiger partial charge is 0.252 e.